The molecule has 2 amide bonds. The summed E-state index contributed by atoms with van der Waals surface area (Å²) >= 11 is 0. The Hall–Kier alpha value is -3.55. The minimum atomic E-state index is -0.386. The largest absolute Gasteiger partial charge is 0.341 e. The van der Waals surface area contributed by atoms with Crippen molar-refractivity contribution in [2.45, 2.75) is 39.3 Å². The van der Waals surface area contributed by atoms with Crippen LogP contribution in [0.1, 0.15) is 29.8 Å². The molecule has 1 fully saturated rings. The van der Waals surface area contributed by atoms with Gasteiger partial charge in [-0.15, -0.1) is 0 Å². The number of urea groups is 1. The first-order valence-electron chi connectivity index (χ1n) is 10.8. The van der Waals surface area contributed by atoms with Crippen LogP contribution in [0.2, 0.25) is 0 Å². The molecule has 0 radical (unpaired) electrons. The zero-order valence-electron chi connectivity index (χ0n) is 18.3. The van der Waals surface area contributed by atoms with Gasteiger partial charge in [0.05, 0.1) is 0 Å². The number of piperidine rings is 1. The van der Waals surface area contributed by atoms with Crippen LogP contribution in [0.4, 0.5) is 20.8 Å². The molecule has 0 bridgehead atoms. The number of hydrogen-bond acceptors (Lipinski definition) is 5. The fourth-order valence-corrected chi connectivity index (χ4v) is 4.04. The number of pyridine rings is 1. The highest BCUT2D eigenvalue weighted by Gasteiger charge is 2.29. The number of aryl methyl sites for hydroxylation is 2. The fourth-order valence-electron chi connectivity index (χ4n) is 4.04. The molecule has 166 valence electrons. The summed E-state index contributed by atoms with van der Waals surface area (Å²) < 4.78 is 13.6. The van der Waals surface area contributed by atoms with Crippen molar-refractivity contribution in [3.05, 3.63) is 77.6 Å². The van der Waals surface area contributed by atoms with Crippen LogP contribution in [0.5, 0.6) is 0 Å². The molecular formula is C24H27FN6O. The van der Waals surface area contributed by atoms with E-state index in [1.54, 1.807) is 24.5 Å². The zero-order valence-corrected chi connectivity index (χ0v) is 18.3. The molecule has 0 atom stereocenters. The van der Waals surface area contributed by atoms with Crippen molar-refractivity contribution in [2.75, 3.05) is 23.3 Å². The highest BCUT2D eigenvalue weighted by atomic mass is 19.1. The van der Waals surface area contributed by atoms with Crippen molar-refractivity contribution < 1.29 is 9.18 Å². The van der Waals surface area contributed by atoms with Crippen molar-refractivity contribution in [3.8, 4) is 0 Å². The third-order valence-corrected chi connectivity index (χ3v) is 5.57. The van der Waals surface area contributed by atoms with Crippen molar-refractivity contribution in [1.29, 1.82) is 0 Å². The maximum absolute atomic E-state index is 13.6. The van der Waals surface area contributed by atoms with E-state index in [1.807, 2.05) is 36.9 Å². The molecule has 3 aromatic rings. The summed E-state index contributed by atoms with van der Waals surface area (Å²) in [6.45, 7) is 5.88. The van der Waals surface area contributed by atoms with Gasteiger partial charge in [0.25, 0.3) is 0 Å². The molecule has 8 heteroatoms. The maximum atomic E-state index is 13.6. The van der Waals surface area contributed by atoms with Crippen LogP contribution >= 0.6 is 0 Å². The Morgan fingerprint density at radius 1 is 1.12 bits per heavy atom. The average molecular weight is 435 g/mol. The van der Waals surface area contributed by atoms with Gasteiger partial charge >= 0.3 is 6.03 Å². The first-order valence-corrected chi connectivity index (χ1v) is 10.8. The molecule has 1 aliphatic heterocycles. The number of benzene rings is 1. The highest BCUT2D eigenvalue weighted by molar-refractivity contribution is 5.89. The van der Waals surface area contributed by atoms with E-state index in [0.717, 1.165) is 48.8 Å². The van der Waals surface area contributed by atoms with E-state index < -0.39 is 0 Å². The number of nitrogens with one attached hydrogen (secondary N) is 1. The standard InChI is InChI=1S/C24H27FN6O/c1-17-13-18(2)28-23(27-17)30-11-8-22(9-12-30)31(16-19-5-4-10-26-15-19)24(32)29-21-7-3-6-20(25)14-21/h3-7,10,13-15,22H,8-9,11-12,16H2,1-2H3,(H,29,32). The molecule has 2 aromatic heterocycles. The molecule has 1 aromatic carbocycles. The summed E-state index contributed by atoms with van der Waals surface area (Å²) in [6.07, 6.45) is 5.05. The molecule has 1 aliphatic rings. The molecule has 1 saturated heterocycles. The SMILES string of the molecule is Cc1cc(C)nc(N2CCC(N(Cc3cccnc3)C(=O)Nc3cccc(F)c3)CC2)n1. The van der Waals surface area contributed by atoms with Crippen molar-refractivity contribution in [3.63, 3.8) is 0 Å². The monoisotopic (exact) mass is 434 g/mol. The van der Waals surface area contributed by atoms with Gasteiger partial charge in [-0.3, -0.25) is 4.98 Å². The number of anilines is 2. The van der Waals surface area contributed by atoms with Gasteiger partial charge in [-0.05, 0) is 62.6 Å². The predicted molar refractivity (Wildman–Crippen MR) is 122 cm³/mol. The van der Waals surface area contributed by atoms with Crippen molar-refractivity contribution in [2.24, 2.45) is 0 Å². The summed E-state index contributed by atoms with van der Waals surface area (Å²) in [7, 11) is 0. The Morgan fingerprint density at radius 3 is 2.53 bits per heavy atom. The second-order valence-electron chi connectivity index (χ2n) is 8.10. The zero-order chi connectivity index (χ0) is 22.5. The molecule has 0 spiro atoms. The van der Waals surface area contributed by atoms with Gasteiger partial charge < -0.3 is 15.1 Å². The molecule has 0 unspecified atom stereocenters. The molecule has 4 rings (SSSR count). The Kier molecular flexibility index (Phi) is 6.58. The quantitative estimate of drug-likeness (QED) is 0.647. The van der Waals surface area contributed by atoms with Gasteiger partial charge in [-0.1, -0.05) is 12.1 Å². The Morgan fingerprint density at radius 2 is 1.88 bits per heavy atom. The normalized spacial score (nSPS) is 14.3. The first-order chi connectivity index (χ1) is 15.5. The predicted octanol–water partition coefficient (Wildman–Crippen LogP) is 4.33. The number of nitrogens with zero attached hydrogens (tertiary/aromatic N) is 5. The van der Waals surface area contributed by atoms with Gasteiger partial charge in [0.15, 0.2) is 0 Å². The van der Waals surface area contributed by atoms with Gasteiger partial charge in [0.2, 0.25) is 5.95 Å². The average Bonchev–Trinajstić information content (AvgIpc) is 2.78. The third-order valence-electron chi connectivity index (χ3n) is 5.57. The van der Waals surface area contributed by atoms with Crippen LogP contribution in [0.25, 0.3) is 0 Å². The first kappa shape index (κ1) is 21.7. The lowest BCUT2D eigenvalue weighted by molar-refractivity contribution is 0.170. The van der Waals surface area contributed by atoms with Crippen LogP contribution in [-0.4, -0.2) is 45.0 Å². The summed E-state index contributed by atoms with van der Waals surface area (Å²) in [4.78, 5) is 30.5. The number of rotatable bonds is 5. The van der Waals surface area contributed by atoms with E-state index in [1.165, 1.54) is 12.1 Å². The molecule has 0 saturated carbocycles. The van der Waals surface area contributed by atoms with Crippen LogP contribution in [-0.2, 0) is 6.54 Å². The molecule has 1 N–H and O–H groups in total. The lowest BCUT2D eigenvalue weighted by Crippen LogP contribution is -2.48. The van der Waals surface area contributed by atoms with Crippen molar-refractivity contribution in [1.82, 2.24) is 19.9 Å². The molecule has 3 heterocycles. The van der Waals surface area contributed by atoms with Gasteiger partial charge in [0.1, 0.15) is 5.82 Å². The fraction of sp³-hybridized carbons (Fsp3) is 0.333. The van der Waals surface area contributed by atoms with Gasteiger partial charge in [-0.25, -0.2) is 19.2 Å². The topological polar surface area (TPSA) is 74.2 Å². The number of carbonyl (C=O) groups excluding carboxylic acids is 1. The summed E-state index contributed by atoms with van der Waals surface area (Å²) in [5.41, 5.74) is 3.28. The number of aromatic nitrogens is 3. The third kappa shape index (κ3) is 5.38. The van der Waals surface area contributed by atoms with E-state index in [-0.39, 0.29) is 17.9 Å². The Balaban J connectivity index is 1.49. The molecule has 7 nitrogen and oxygen atoms in total. The van der Waals surface area contributed by atoms with Crippen LogP contribution in [0.15, 0.2) is 54.9 Å². The number of halogens is 1. The minimum Gasteiger partial charge on any atom is -0.341 e. The van der Waals surface area contributed by atoms with E-state index in [2.05, 4.69) is 25.2 Å². The second kappa shape index (κ2) is 9.72. The Bertz CT molecular complexity index is 1050. The van der Waals surface area contributed by atoms with Gasteiger partial charge in [-0.2, -0.15) is 0 Å². The van der Waals surface area contributed by atoms with Crippen LogP contribution < -0.4 is 10.2 Å². The summed E-state index contributed by atoms with van der Waals surface area (Å²) in [5.74, 6) is 0.354. The lowest BCUT2D eigenvalue weighted by Gasteiger charge is -2.38. The Labute approximate surface area is 187 Å². The van der Waals surface area contributed by atoms with Gasteiger partial charge in [0, 0.05) is 55.1 Å². The van der Waals surface area contributed by atoms with Crippen LogP contribution in [0.3, 0.4) is 0 Å². The van der Waals surface area contributed by atoms with Crippen LogP contribution in [0, 0.1) is 19.7 Å². The second-order valence-corrected chi connectivity index (χ2v) is 8.10. The van der Waals surface area contributed by atoms with E-state index in [4.69, 9.17) is 0 Å². The van der Waals surface area contributed by atoms with E-state index in [0.29, 0.717) is 12.2 Å². The summed E-state index contributed by atoms with van der Waals surface area (Å²) in [6, 6.07) is 11.5. The van der Waals surface area contributed by atoms with E-state index in [9.17, 15) is 9.18 Å². The highest BCUT2D eigenvalue weighted by Crippen LogP contribution is 2.23. The van der Waals surface area contributed by atoms with E-state index >= 15 is 0 Å². The molecular weight excluding hydrogens is 407 g/mol. The molecule has 32 heavy (non-hydrogen) atoms. The number of hydrogen-bond donors (Lipinski definition) is 1. The smallest absolute Gasteiger partial charge is 0.322 e. The number of amides is 2. The van der Waals surface area contributed by atoms with Crippen molar-refractivity contribution >= 4 is 17.7 Å². The summed E-state index contributed by atoms with van der Waals surface area (Å²) in [5, 5.41) is 2.85. The molecule has 0 aliphatic carbocycles. The maximum Gasteiger partial charge on any atom is 0.322 e. The number of carbonyl (C=O) groups is 1. The lowest BCUT2D eigenvalue weighted by atomic mass is 10.0. The minimum absolute atomic E-state index is 0.0333.